The average Bonchev–Trinajstić information content (AvgIpc) is 2.34. The number of ketones is 3. The van der Waals surface area contributed by atoms with Crippen molar-refractivity contribution < 1.29 is 19.5 Å². The van der Waals surface area contributed by atoms with Crippen molar-refractivity contribution in [3.8, 4) is 0 Å². The molecule has 0 atom stereocenters. The molecule has 0 aromatic heterocycles. The second-order valence-corrected chi connectivity index (χ2v) is 4.16. The van der Waals surface area contributed by atoms with Gasteiger partial charge in [0.15, 0.2) is 5.78 Å². The van der Waals surface area contributed by atoms with Gasteiger partial charge in [0, 0.05) is 17.6 Å². The van der Waals surface area contributed by atoms with E-state index in [-0.39, 0.29) is 34.7 Å². The fourth-order valence-electron chi connectivity index (χ4n) is 1.77. The van der Waals surface area contributed by atoms with Gasteiger partial charge < -0.3 is 5.11 Å². The summed E-state index contributed by atoms with van der Waals surface area (Å²) in [5, 5.41) is 9.83. The van der Waals surface area contributed by atoms with Crippen LogP contribution in [0.3, 0.4) is 0 Å². The van der Waals surface area contributed by atoms with Crippen LogP contribution in [0.2, 0.25) is 0 Å². The zero-order valence-corrected chi connectivity index (χ0v) is 10.7. The van der Waals surface area contributed by atoms with Crippen LogP contribution >= 0.6 is 0 Å². The molecule has 0 amide bonds. The minimum atomic E-state index is -0.741. The molecule has 0 fully saturated rings. The van der Waals surface area contributed by atoms with Crippen LogP contribution in [0.25, 0.3) is 0 Å². The Morgan fingerprint density at radius 2 is 1.72 bits per heavy atom. The van der Waals surface area contributed by atoms with E-state index in [1.54, 1.807) is 0 Å². The molecule has 1 aliphatic carbocycles. The quantitative estimate of drug-likeness (QED) is 0.470. The molecule has 0 saturated heterocycles. The fourth-order valence-corrected chi connectivity index (χ4v) is 1.77. The number of allylic oxidation sites excluding steroid dienone is 5. The van der Waals surface area contributed by atoms with Gasteiger partial charge in [-0.15, -0.1) is 0 Å². The molecule has 4 heteroatoms. The first-order valence-corrected chi connectivity index (χ1v) is 5.76. The number of rotatable bonds is 4. The lowest BCUT2D eigenvalue weighted by Gasteiger charge is -2.16. The van der Waals surface area contributed by atoms with Crippen LogP contribution in [0.5, 0.6) is 0 Å². The minimum Gasteiger partial charge on any atom is -0.507 e. The van der Waals surface area contributed by atoms with Gasteiger partial charge in [0.05, 0.1) is 5.57 Å². The van der Waals surface area contributed by atoms with E-state index in [9.17, 15) is 19.5 Å². The lowest BCUT2D eigenvalue weighted by atomic mass is 9.87. The maximum atomic E-state index is 11.9. The first-order chi connectivity index (χ1) is 8.41. The van der Waals surface area contributed by atoms with Gasteiger partial charge in [-0.1, -0.05) is 12.2 Å². The zero-order valence-electron chi connectivity index (χ0n) is 10.7. The molecule has 0 saturated carbocycles. The summed E-state index contributed by atoms with van der Waals surface area (Å²) in [5.41, 5.74) is -0.0323. The van der Waals surface area contributed by atoms with Crippen molar-refractivity contribution in [3.63, 3.8) is 0 Å². The van der Waals surface area contributed by atoms with E-state index in [2.05, 4.69) is 0 Å². The molecule has 0 radical (unpaired) electrons. The number of carbonyl (C=O) groups is 3. The summed E-state index contributed by atoms with van der Waals surface area (Å²) in [4.78, 5) is 35.0. The van der Waals surface area contributed by atoms with E-state index in [4.69, 9.17) is 0 Å². The van der Waals surface area contributed by atoms with Crippen LogP contribution < -0.4 is 0 Å². The summed E-state index contributed by atoms with van der Waals surface area (Å²) in [7, 11) is 0. The maximum absolute atomic E-state index is 11.9. The van der Waals surface area contributed by atoms with Gasteiger partial charge in [0.25, 0.3) is 0 Å². The Hall–Kier alpha value is -1.97. The monoisotopic (exact) mass is 248 g/mol. The first-order valence-electron chi connectivity index (χ1n) is 5.76. The van der Waals surface area contributed by atoms with E-state index >= 15 is 0 Å². The summed E-state index contributed by atoms with van der Waals surface area (Å²) in [6, 6.07) is 0. The smallest absolute Gasteiger partial charge is 0.232 e. The summed E-state index contributed by atoms with van der Waals surface area (Å²) in [6.07, 6.45) is 4.40. The number of Topliss-reactive ketones (excluding diaryl/α,β-unsaturated/α-hetero) is 3. The molecule has 0 bridgehead atoms. The molecular weight excluding hydrogens is 232 g/mol. The number of hydrogen-bond acceptors (Lipinski definition) is 4. The van der Waals surface area contributed by atoms with E-state index < -0.39 is 11.6 Å². The fraction of sp³-hybridized carbons (Fsp3) is 0.357. The van der Waals surface area contributed by atoms with Crippen molar-refractivity contribution in [3.05, 3.63) is 34.6 Å². The van der Waals surface area contributed by atoms with Crippen LogP contribution in [0.4, 0.5) is 0 Å². The molecule has 0 aromatic carbocycles. The third kappa shape index (κ3) is 2.47. The molecule has 1 rings (SSSR count). The van der Waals surface area contributed by atoms with Crippen molar-refractivity contribution in [1.82, 2.24) is 0 Å². The SMILES string of the molecule is CC=CCCC(=O)C1=C(C)C(=O)C(=O)C(C)=C1O. The lowest BCUT2D eigenvalue weighted by Crippen LogP contribution is -2.26. The highest BCUT2D eigenvalue weighted by Gasteiger charge is 2.33. The lowest BCUT2D eigenvalue weighted by molar-refractivity contribution is -0.132. The van der Waals surface area contributed by atoms with Crippen LogP contribution in [0.15, 0.2) is 34.6 Å². The maximum Gasteiger partial charge on any atom is 0.232 e. The predicted octanol–water partition coefficient (Wildman–Crippen LogP) is 2.21. The van der Waals surface area contributed by atoms with E-state index in [1.165, 1.54) is 13.8 Å². The van der Waals surface area contributed by atoms with Crippen LogP contribution in [-0.2, 0) is 14.4 Å². The highest BCUT2D eigenvalue weighted by molar-refractivity contribution is 6.51. The van der Waals surface area contributed by atoms with E-state index in [0.29, 0.717) is 6.42 Å². The second kappa shape index (κ2) is 5.58. The van der Waals surface area contributed by atoms with Crippen molar-refractivity contribution in [2.24, 2.45) is 0 Å². The molecule has 0 aromatic rings. The highest BCUT2D eigenvalue weighted by atomic mass is 16.3. The van der Waals surface area contributed by atoms with Crippen molar-refractivity contribution in [2.45, 2.75) is 33.6 Å². The molecule has 0 spiro atoms. The third-order valence-electron chi connectivity index (χ3n) is 2.91. The van der Waals surface area contributed by atoms with Gasteiger partial charge in [-0.3, -0.25) is 14.4 Å². The van der Waals surface area contributed by atoms with Crippen LogP contribution in [-0.4, -0.2) is 22.5 Å². The molecular formula is C14H16O4. The van der Waals surface area contributed by atoms with Gasteiger partial charge in [-0.2, -0.15) is 0 Å². The van der Waals surface area contributed by atoms with Crippen molar-refractivity contribution in [1.29, 1.82) is 0 Å². The standard InChI is InChI=1S/C14H16O4/c1-4-5-6-7-10(15)11-8(2)13(17)14(18)9(3)12(11)16/h4-5,16H,6-7H2,1-3H3. The average molecular weight is 248 g/mol. The molecule has 1 aliphatic rings. The molecule has 1 N–H and O–H groups in total. The molecule has 4 nitrogen and oxygen atoms in total. The topological polar surface area (TPSA) is 71.4 Å². The molecule has 96 valence electrons. The summed E-state index contributed by atoms with van der Waals surface area (Å²) >= 11 is 0. The summed E-state index contributed by atoms with van der Waals surface area (Å²) < 4.78 is 0. The Kier molecular flexibility index (Phi) is 4.37. The largest absolute Gasteiger partial charge is 0.507 e. The van der Waals surface area contributed by atoms with Crippen molar-refractivity contribution in [2.75, 3.05) is 0 Å². The van der Waals surface area contributed by atoms with Gasteiger partial charge in [0.1, 0.15) is 5.76 Å². The second-order valence-electron chi connectivity index (χ2n) is 4.16. The van der Waals surface area contributed by atoms with E-state index in [0.717, 1.165) is 0 Å². The third-order valence-corrected chi connectivity index (χ3v) is 2.91. The first kappa shape index (κ1) is 14.1. The number of aliphatic hydroxyl groups is 1. The number of aliphatic hydroxyl groups excluding tert-OH is 1. The van der Waals surface area contributed by atoms with Gasteiger partial charge >= 0.3 is 0 Å². The van der Waals surface area contributed by atoms with Crippen LogP contribution in [0, 0.1) is 0 Å². The highest BCUT2D eigenvalue weighted by Crippen LogP contribution is 2.26. The van der Waals surface area contributed by atoms with Gasteiger partial charge in [-0.05, 0) is 27.2 Å². The Morgan fingerprint density at radius 3 is 2.28 bits per heavy atom. The Morgan fingerprint density at radius 1 is 1.17 bits per heavy atom. The van der Waals surface area contributed by atoms with Gasteiger partial charge in [0.2, 0.25) is 11.6 Å². The molecule has 0 heterocycles. The Bertz CT molecular complexity index is 504. The summed E-state index contributed by atoms with van der Waals surface area (Å²) in [6.45, 7) is 4.59. The minimum absolute atomic E-state index is 0.0124. The van der Waals surface area contributed by atoms with Crippen LogP contribution in [0.1, 0.15) is 33.6 Å². The molecule has 0 unspecified atom stereocenters. The van der Waals surface area contributed by atoms with Crippen molar-refractivity contribution >= 4 is 17.3 Å². The predicted molar refractivity (Wildman–Crippen MR) is 67.1 cm³/mol. The Balaban J connectivity index is 3.09. The number of hydrogen-bond donors (Lipinski definition) is 1. The zero-order chi connectivity index (χ0) is 13.9. The normalized spacial score (nSPS) is 17.1. The van der Waals surface area contributed by atoms with E-state index in [1.807, 2.05) is 19.1 Å². The summed E-state index contributed by atoms with van der Waals surface area (Å²) in [5.74, 6) is -2.12. The number of carbonyl (C=O) groups excluding carboxylic acids is 3. The van der Waals surface area contributed by atoms with Gasteiger partial charge in [-0.25, -0.2) is 0 Å². The molecule has 0 aliphatic heterocycles. The molecule has 18 heavy (non-hydrogen) atoms. The Labute approximate surface area is 106 Å².